The first-order valence-corrected chi connectivity index (χ1v) is 11.6. The number of hydrogen-bond acceptors (Lipinski definition) is 4. The van der Waals surface area contributed by atoms with E-state index >= 15 is 0 Å². The van der Waals surface area contributed by atoms with Crippen LogP contribution in [-0.2, 0) is 4.79 Å². The summed E-state index contributed by atoms with van der Waals surface area (Å²) in [5, 5.41) is 3.69. The first-order chi connectivity index (χ1) is 16.9. The van der Waals surface area contributed by atoms with Crippen LogP contribution in [0, 0.1) is 5.82 Å². The molecule has 0 bridgehead atoms. The van der Waals surface area contributed by atoms with Gasteiger partial charge in [0.1, 0.15) is 22.9 Å². The van der Waals surface area contributed by atoms with E-state index in [4.69, 9.17) is 25.5 Å². The number of fused-ring (bicyclic) bond motifs is 1. The zero-order valence-electron chi connectivity index (χ0n) is 19.7. The minimum Gasteiger partial charge on any atom is -0.494 e. The number of ether oxygens (including phenoxy) is 2. The van der Waals surface area contributed by atoms with E-state index in [0.717, 1.165) is 33.9 Å². The monoisotopic (exact) mass is 493 g/mol. The Kier molecular flexibility index (Phi) is 7.42. The number of halogens is 2. The highest BCUT2D eigenvalue weighted by Crippen LogP contribution is 2.38. The summed E-state index contributed by atoms with van der Waals surface area (Å²) < 4.78 is 31.3. The van der Waals surface area contributed by atoms with Crippen molar-refractivity contribution in [2.45, 2.75) is 20.8 Å². The molecule has 5 nitrogen and oxygen atoms in total. The molecule has 0 saturated heterocycles. The molecule has 35 heavy (non-hydrogen) atoms. The van der Waals surface area contributed by atoms with Gasteiger partial charge < -0.3 is 19.2 Å². The third-order valence-electron chi connectivity index (χ3n) is 5.41. The number of carbonyl (C=O) groups is 1. The van der Waals surface area contributed by atoms with Crippen LogP contribution in [0.25, 0.3) is 27.7 Å². The van der Waals surface area contributed by atoms with Gasteiger partial charge in [-0.3, -0.25) is 4.79 Å². The van der Waals surface area contributed by atoms with Gasteiger partial charge in [0.2, 0.25) is 5.91 Å². The lowest BCUT2D eigenvalue weighted by Gasteiger charge is -2.12. The zero-order valence-corrected chi connectivity index (χ0v) is 20.4. The predicted octanol–water partition coefficient (Wildman–Crippen LogP) is 7.73. The number of carbonyl (C=O) groups excluding carboxylic acids is 1. The van der Waals surface area contributed by atoms with Crippen molar-refractivity contribution in [1.82, 2.24) is 0 Å². The van der Waals surface area contributed by atoms with E-state index < -0.39 is 11.7 Å². The van der Waals surface area contributed by atoms with Gasteiger partial charge in [0, 0.05) is 33.7 Å². The fourth-order valence-electron chi connectivity index (χ4n) is 3.79. The minimum absolute atomic E-state index is 0.0524. The summed E-state index contributed by atoms with van der Waals surface area (Å²) in [6, 6.07) is 15.6. The summed E-state index contributed by atoms with van der Waals surface area (Å²) in [5.41, 5.74) is 3.99. The molecule has 0 aliphatic rings. The van der Waals surface area contributed by atoms with Crippen LogP contribution < -0.4 is 14.8 Å². The van der Waals surface area contributed by atoms with Gasteiger partial charge >= 0.3 is 0 Å². The molecular weight excluding hydrogens is 469 g/mol. The molecule has 0 saturated carbocycles. The Morgan fingerprint density at radius 3 is 2.49 bits per heavy atom. The van der Waals surface area contributed by atoms with Crippen molar-refractivity contribution in [2.24, 2.45) is 0 Å². The standard InChI is InChI=1S/C28H25ClFNO4/c1-4-33-20-9-6-18(7-10-20)23-16-35-27-15-26(34-5-2)21(14-22(23)27)17(3)12-28(32)31-25-11-8-19(29)13-24(25)30/h6-16H,4-5H2,1-3H3,(H,31,32)/b17-12+. The van der Waals surface area contributed by atoms with E-state index in [2.05, 4.69) is 5.32 Å². The average molecular weight is 494 g/mol. The summed E-state index contributed by atoms with van der Waals surface area (Å²) >= 11 is 5.79. The van der Waals surface area contributed by atoms with Crippen molar-refractivity contribution in [1.29, 1.82) is 0 Å². The van der Waals surface area contributed by atoms with E-state index in [0.29, 0.717) is 30.1 Å². The van der Waals surface area contributed by atoms with E-state index in [9.17, 15) is 9.18 Å². The maximum atomic E-state index is 14.1. The molecule has 1 heterocycles. The highest BCUT2D eigenvalue weighted by Gasteiger charge is 2.16. The maximum absolute atomic E-state index is 14.1. The second-order valence-electron chi connectivity index (χ2n) is 7.83. The number of anilines is 1. The molecule has 180 valence electrons. The van der Waals surface area contributed by atoms with Crippen molar-refractivity contribution in [2.75, 3.05) is 18.5 Å². The Hall–Kier alpha value is -3.77. The minimum atomic E-state index is -0.605. The lowest BCUT2D eigenvalue weighted by molar-refractivity contribution is -0.111. The third-order valence-corrected chi connectivity index (χ3v) is 5.65. The van der Waals surface area contributed by atoms with Crippen LogP contribution in [-0.4, -0.2) is 19.1 Å². The number of benzene rings is 3. The number of amides is 1. The van der Waals surface area contributed by atoms with Gasteiger partial charge in [-0.05, 0) is 68.3 Å². The molecule has 0 atom stereocenters. The summed E-state index contributed by atoms with van der Waals surface area (Å²) in [5.74, 6) is 0.314. The Bertz CT molecular complexity index is 1390. The van der Waals surface area contributed by atoms with Crippen molar-refractivity contribution in [3.05, 3.63) is 83.3 Å². The molecule has 4 aromatic rings. The molecule has 0 aliphatic carbocycles. The largest absolute Gasteiger partial charge is 0.494 e. The van der Waals surface area contributed by atoms with Crippen molar-refractivity contribution in [3.8, 4) is 22.6 Å². The molecular formula is C28H25ClFNO4. The predicted molar refractivity (Wildman–Crippen MR) is 138 cm³/mol. The third kappa shape index (κ3) is 5.49. The van der Waals surface area contributed by atoms with Gasteiger partial charge in [-0.1, -0.05) is 23.7 Å². The quantitative estimate of drug-likeness (QED) is 0.255. The second-order valence-corrected chi connectivity index (χ2v) is 8.26. The summed E-state index contributed by atoms with van der Waals surface area (Å²) in [6.45, 7) is 6.67. The molecule has 1 N–H and O–H groups in total. The lowest BCUT2D eigenvalue weighted by Crippen LogP contribution is -2.10. The number of nitrogens with one attached hydrogen (secondary N) is 1. The highest BCUT2D eigenvalue weighted by molar-refractivity contribution is 6.30. The molecule has 0 aliphatic heterocycles. The second kappa shape index (κ2) is 10.7. The Morgan fingerprint density at radius 1 is 1.06 bits per heavy atom. The lowest BCUT2D eigenvalue weighted by atomic mass is 9.99. The van der Waals surface area contributed by atoms with Crippen LogP contribution in [0.2, 0.25) is 5.02 Å². The maximum Gasteiger partial charge on any atom is 0.248 e. The summed E-state index contributed by atoms with van der Waals surface area (Å²) in [6.07, 6.45) is 3.11. The van der Waals surface area contributed by atoms with Crippen molar-refractivity contribution < 1.29 is 23.1 Å². The van der Waals surface area contributed by atoms with E-state index in [1.807, 2.05) is 50.2 Å². The normalized spacial score (nSPS) is 11.5. The smallest absolute Gasteiger partial charge is 0.248 e. The van der Waals surface area contributed by atoms with Crippen LogP contribution in [0.3, 0.4) is 0 Å². The van der Waals surface area contributed by atoms with Gasteiger partial charge in [-0.2, -0.15) is 0 Å². The molecule has 7 heteroatoms. The molecule has 4 rings (SSSR count). The van der Waals surface area contributed by atoms with Crippen LogP contribution in [0.4, 0.5) is 10.1 Å². The van der Waals surface area contributed by atoms with E-state index in [1.165, 1.54) is 18.2 Å². The van der Waals surface area contributed by atoms with Crippen LogP contribution >= 0.6 is 11.6 Å². The molecule has 0 unspecified atom stereocenters. The van der Waals surface area contributed by atoms with Gasteiger partial charge in [-0.25, -0.2) is 4.39 Å². The van der Waals surface area contributed by atoms with E-state index in [-0.39, 0.29) is 10.7 Å². The Labute approximate surface area is 208 Å². The SMILES string of the molecule is CCOc1ccc(-c2coc3cc(OCC)c(/C(C)=C/C(=O)Nc4ccc(Cl)cc4F)cc23)cc1. The number of furan rings is 1. The van der Waals surface area contributed by atoms with Crippen LogP contribution in [0.15, 0.2) is 71.4 Å². The topological polar surface area (TPSA) is 60.7 Å². The van der Waals surface area contributed by atoms with E-state index in [1.54, 1.807) is 13.2 Å². The molecule has 1 aromatic heterocycles. The summed E-state index contributed by atoms with van der Waals surface area (Å²) in [4.78, 5) is 12.6. The molecule has 0 spiro atoms. The molecule has 3 aromatic carbocycles. The number of rotatable bonds is 8. The molecule has 0 radical (unpaired) electrons. The fourth-order valence-corrected chi connectivity index (χ4v) is 3.95. The Morgan fingerprint density at radius 2 is 1.80 bits per heavy atom. The summed E-state index contributed by atoms with van der Waals surface area (Å²) in [7, 11) is 0. The fraction of sp³-hybridized carbons (Fsp3) is 0.179. The number of allylic oxidation sites excluding steroid dienone is 1. The van der Waals surface area contributed by atoms with Crippen molar-refractivity contribution >= 4 is 39.7 Å². The molecule has 0 fully saturated rings. The van der Waals surface area contributed by atoms with Gasteiger partial charge in [-0.15, -0.1) is 0 Å². The molecule has 1 amide bonds. The number of hydrogen-bond donors (Lipinski definition) is 1. The van der Waals surface area contributed by atoms with Gasteiger partial charge in [0.15, 0.2) is 0 Å². The zero-order chi connectivity index (χ0) is 24.9. The first kappa shape index (κ1) is 24.4. The van der Waals surface area contributed by atoms with Gasteiger partial charge in [0.25, 0.3) is 0 Å². The van der Waals surface area contributed by atoms with Crippen LogP contribution in [0.1, 0.15) is 26.3 Å². The Balaban J connectivity index is 1.69. The first-order valence-electron chi connectivity index (χ1n) is 11.3. The van der Waals surface area contributed by atoms with Crippen LogP contribution in [0.5, 0.6) is 11.5 Å². The van der Waals surface area contributed by atoms with Gasteiger partial charge in [0.05, 0.1) is 25.2 Å². The average Bonchev–Trinajstić information content (AvgIpc) is 3.24. The highest BCUT2D eigenvalue weighted by atomic mass is 35.5. The van der Waals surface area contributed by atoms with Crippen molar-refractivity contribution in [3.63, 3.8) is 0 Å².